The van der Waals surface area contributed by atoms with Crippen molar-refractivity contribution in [1.29, 1.82) is 0 Å². The first kappa shape index (κ1) is 9.37. The van der Waals surface area contributed by atoms with E-state index in [1.165, 1.54) is 5.94 Å². The van der Waals surface area contributed by atoms with Crippen molar-refractivity contribution < 1.29 is 15.0 Å². The zero-order valence-electron chi connectivity index (χ0n) is 6.16. The summed E-state index contributed by atoms with van der Waals surface area (Å²) in [5.74, 6) is 1.47. The van der Waals surface area contributed by atoms with Gasteiger partial charge in [0.05, 0.1) is 12.7 Å². The molecule has 0 heterocycles. The first-order chi connectivity index (χ1) is 4.54. The fourth-order valence-corrected chi connectivity index (χ4v) is 0.384. The maximum atomic E-state index is 9.76. The minimum absolute atomic E-state index is 0.160. The van der Waals surface area contributed by atoms with Crippen LogP contribution in [0.5, 0.6) is 0 Å². The summed E-state index contributed by atoms with van der Waals surface area (Å²) >= 11 is 0. The highest BCUT2D eigenvalue weighted by Gasteiger charge is 2.24. The summed E-state index contributed by atoms with van der Waals surface area (Å²) in [7, 11) is 0. The molecule has 10 heavy (non-hydrogen) atoms. The normalized spacial score (nSPS) is 14.0. The predicted molar refractivity (Wildman–Crippen MR) is 37.1 cm³/mol. The van der Waals surface area contributed by atoms with E-state index < -0.39 is 11.5 Å². The van der Waals surface area contributed by atoms with Gasteiger partial charge in [0.2, 0.25) is 0 Å². The van der Waals surface area contributed by atoms with Crippen molar-refractivity contribution in [2.45, 2.75) is 20.0 Å². The van der Waals surface area contributed by atoms with Crippen LogP contribution in [-0.2, 0) is 4.79 Å². The van der Waals surface area contributed by atoms with E-state index >= 15 is 0 Å². The summed E-state index contributed by atoms with van der Waals surface area (Å²) in [4.78, 5) is 9.76. The molecule has 0 spiro atoms. The quantitative estimate of drug-likeness (QED) is 0.537. The van der Waals surface area contributed by atoms with Crippen molar-refractivity contribution in [2.24, 2.45) is 5.41 Å². The van der Waals surface area contributed by atoms with Crippen LogP contribution in [0.15, 0.2) is 6.08 Å². The minimum Gasteiger partial charge on any atom is -0.396 e. The van der Waals surface area contributed by atoms with E-state index in [1.54, 1.807) is 13.8 Å². The van der Waals surface area contributed by atoms with Gasteiger partial charge in [0.25, 0.3) is 0 Å². The molecular formula is C7H12O3. The standard InChI is InChI=1S/C7H12O3/c1-7(2,5-9)6(10)3-4-8/h3,6,9-10H,5H2,1-2H3. The second kappa shape index (κ2) is 3.52. The van der Waals surface area contributed by atoms with E-state index in [4.69, 9.17) is 10.2 Å². The van der Waals surface area contributed by atoms with E-state index in [9.17, 15) is 4.79 Å². The summed E-state index contributed by atoms with van der Waals surface area (Å²) in [5, 5.41) is 17.8. The Kier molecular flexibility index (Phi) is 3.30. The molecule has 0 amide bonds. The Bertz CT molecular complexity index is 145. The van der Waals surface area contributed by atoms with Crippen molar-refractivity contribution in [1.82, 2.24) is 0 Å². The van der Waals surface area contributed by atoms with Crippen molar-refractivity contribution >= 4 is 5.94 Å². The average molecular weight is 144 g/mol. The maximum Gasteiger partial charge on any atom is 0.122 e. The topological polar surface area (TPSA) is 57.5 Å². The average Bonchev–Trinajstić information content (AvgIpc) is 1.89. The second-order valence-electron chi connectivity index (χ2n) is 2.88. The Balaban J connectivity index is 4.16. The highest BCUT2D eigenvalue weighted by atomic mass is 16.3. The van der Waals surface area contributed by atoms with Crippen LogP contribution in [0, 0.1) is 5.41 Å². The fourth-order valence-electron chi connectivity index (χ4n) is 0.384. The van der Waals surface area contributed by atoms with E-state index in [0.717, 1.165) is 6.08 Å². The van der Waals surface area contributed by atoms with Gasteiger partial charge < -0.3 is 10.2 Å². The van der Waals surface area contributed by atoms with Gasteiger partial charge in [-0.2, -0.15) is 0 Å². The number of hydrogen-bond donors (Lipinski definition) is 2. The van der Waals surface area contributed by atoms with Gasteiger partial charge in [-0.15, -0.1) is 0 Å². The second-order valence-corrected chi connectivity index (χ2v) is 2.88. The van der Waals surface area contributed by atoms with Gasteiger partial charge in [-0.05, 0) is 0 Å². The zero-order chi connectivity index (χ0) is 8.20. The summed E-state index contributed by atoms with van der Waals surface area (Å²) in [5.41, 5.74) is -0.655. The van der Waals surface area contributed by atoms with Crippen LogP contribution in [0.2, 0.25) is 0 Å². The van der Waals surface area contributed by atoms with Crippen LogP contribution in [0.4, 0.5) is 0 Å². The Morgan fingerprint density at radius 2 is 2.20 bits per heavy atom. The summed E-state index contributed by atoms with van der Waals surface area (Å²) in [6.07, 6.45) is 0.0750. The third-order valence-corrected chi connectivity index (χ3v) is 1.43. The third-order valence-electron chi connectivity index (χ3n) is 1.43. The van der Waals surface area contributed by atoms with Gasteiger partial charge in [0.1, 0.15) is 5.94 Å². The van der Waals surface area contributed by atoms with Crippen molar-refractivity contribution in [3.63, 3.8) is 0 Å². The lowest BCUT2D eigenvalue weighted by molar-refractivity contribution is 0.0388. The molecule has 3 nitrogen and oxygen atoms in total. The van der Waals surface area contributed by atoms with Gasteiger partial charge in [0, 0.05) is 11.5 Å². The number of hydrogen-bond acceptors (Lipinski definition) is 3. The van der Waals surface area contributed by atoms with Gasteiger partial charge in [0.15, 0.2) is 0 Å². The van der Waals surface area contributed by atoms with E-state index in [0.29, 0.717) is 0 Å². The molecule has 0 aliphatic rings. The van der Waals surface area contributed by atoms with Crippen LogP contribution in [-0.4, -0.2) is 28.9 Å². The van der Waals surface area contributed by atoms with Gasteiger partial charge in [-0.3, -0.25) is 0 Å². The molecule has 3 heteroatoms. The van der Waals surface area contributed by atoms with Crippen LogP contribution < -0.4 is 0 Å². The lowest BCUT2D eigenvalue weighted by Gasteiger charge is -2.24. The molecule has 0 aromatic rings. The predicted octanol–water partition coefficient (Wildman–Crippen LogP) is -0.246. The zero-order valence-corrected chi connectivity index (χ0v) is 6.16. The molecular weight excluding hydrogens is 132 g/mol. The van der Waals surface area contributed by atoms with E-state index in [2.05, 4.69) is 0 Å². The van der Waals surface area contributed by atoms with Crippen LogP contribution in [0.3, 0.4) is 0 Å². The van der Waals surface area contributed by atoms with Crippen molar-refractivity contribution in [3.8, 4) is 0 Å². The summed E-state index contributed by atoms with van der Waals surface area (Å²) < 4.78 is 0. The number of aliphatic hydroxyl groups is 2. The van der Waals surface area contributed by atoms with E-state index in [-0.39, 0.29) is 6.61 Å². The minimum atomic E-state index is -0.921. The smallest absolute Gasteiger partial charge is 0.122 e. The Hall–Kier alpha value is -0.630. The molecule has 2 N–H and O–H groups in total. The third kappa shape index (κ3) is 2.31. The Morgan fingerprint density at radius 1 is 1.70 bits per heavy atom. The SMILES string of the molecule is CC(C)(CO)C(O)C=C=O. The molecule has 0 aliphatic heterocycles. The van der Waals surface area contributed by atoms with Gasteiger partial charge in [-0.1, -0.05) is 13.8 Å². The molecule has 0 radical (unpaired) electrons. The summed E-state index contributed by atoms with van der Waals surface area (Å²) in [6.45, 7) is 3.16. The molecule has 0 saturated carbocycles. The summed E-state index contributed by atoms with van der Waals surface area (Å²) in [6, 6.07) is 0. The Morgan fingerprint density at radius 3 is 2.50 bits per heavy atom. The van der Waals surface area contributed by atoms with Gasteiger partial charge >= 0.3 is 0 Å². The van der Waals surface area contributed by atoms with Crippen LogP contribution in [0.1, 0.15) is 13.8 Å². The molecule has 0 fully saturated rings. The van der Waals surface area contributed by atoms with E-state index in [1.807, 2.05) is 0 Å². The fraction of sp³-hybridized carbons (Fsp3) is 0.714. The molecule has 0 aromatic heterocycles. The molecule has 1 unspecified atom stereocenters. The molecule has 0 bridgehead atoms. The molecule has 0 rings (SSSR count). The number of rotatable bonds is 3. The molecule has 1 atom stereocenters. The van der Waals surface area contributed by atoms with Gasteiger partial charge in [-0.25, -0.2) is 4.79 Å². The highest BCUT2D eigenvalue weighted by molar-refractivity contribution is 5.46. The molecule has 0 aliphatic carbocycles. The lowest BCUT2D eigenvalue weighted by atomic mass is 9.88. The van der Waals surface area contributed by atoms with Crippen molar-refractivity contribution in [3.05, 3.63) is 6.08 Å². The van der Waals surface area contributed by atoms with Crippen molar-refractivity contribution in [2.75, 3.05) is 6.61 Å². The largest absolute Gasteiger partial charge is 0.396 e. The Labute approximate surface area is 60.0 Å². The molecule has 0 saturated heterocycles. The monoisotopic (exact) mass is 144 g/mol. The molecule has 0 aromatic carbocycles. The van der Waals surface area contributed by atoms with Crippen LogP contribution >= 0.6 is 0 Å². The lowest BCUT2D eigenvalue weighted by Crippen LogP contribution is -2.31. The van der Waals surface area contributed by atoms with Crippen LogP contribution in [0.25, 0.3) is 0 Å². The highest BCUT2D eigenvalue weighted by Crippen LogP contribution is 2.19. The first-order valence-corrected chi connectivity index (χ1v) is 3.04. The number of carbonyl (C=O) groups excluding carboxylic acids is 1. The maximum absolute atomic E-state index is 9.76. The molecule has 58 valence electrons. The number of aliphatic hydroxyl groups excluding tert-OH is 2. The first-order valence-electron chi connectivity index (χ1n) is 3.04.